The minimum absolute atomic E-state index is 0.101. The molecule has 0 aliphatic heterocycles. The molecular weight excluding hydrogens is 306 g/mol. The molecule has 7 nitrogen and oxygen atoms in total. The Labute approximate surface area is 141 Å². The van der Waals surface area contributed by atoms with E-state index in [1.54, 1.807) is 18.7 Å². The van der Waals surface area contributed by atoms with E-state index in [9.17, 15) is 4.79 Å². The zero-order valence-electron chi connectivity index (χ0n) is 14.1. The van der Waals surface area contributed by atoms with E-state index in [-0.39, 0.29) is 11.4 Å². The molecule has 1 aromatic carbocycles. The molecule has 0 unspecified atom stereocenters. The number of carbonyl (C=O) groups is 1. The molecule has 3 rings (SSSR count). The summed E-state index contributed by atoms with van der Waals surface area (Å²) in [5, 5.41) is 14.9. The van der Waals surface area contributed by atoms with Crippen molar-refractivity contribution in [2.24, 2.45) is 0 Å². The third-order valence-corrected chi connectivity index (χ3v) is 4.64. The lowest BCUT2D eigenvalue weighted by Crippen LogP contribution is -2.52. The van der Waals surface area contributed by atoms with E-state index in [4.69, 9.17) is 4.74 Å². The molecule has 0 spiro atoms. The molecule has 24 heavy (non-hydrogen) atoms. The first-order valence-electron chi connectivity index (χ1n) is 8.26. The van der Waals surface area contributed by atoms with Crippen molar-refractivity contribution in [3.8, 4) is 0 Å². The summed E-state index contributed by atoms with van der Waals surface area (Å²) >= 11 is 0. The second kappa shape index (κ2) is 7.09. The van der Waals surface area contributed by atoms with E-state index in [1.165, 1.54) is 0 Å². The normalized spacial score (nSPS) is 17.6. The van der Waals surface area contributed by atoms with Crippen LogP contribution in [-0.4, -0.2) is 45.4 Å². The van der Waals surface area contributed by atoms with Crippen molar-refractivity contribution in [3.63, 3.8) is 0 Å². The molecule has 128 valence electrons. The van der Waals surface area contributed by atoms with Crippen LogP contribution in [0.3, 0.4) is 0 Å². The molecule has 1 aromatic heterocycles. The number of amides is 1. The maximum absolute atomic E-state index is 13.1. The average molecular weight is 329 g/mol. The first-order valence-corrected chi connectivity index (χ1v) is 8.26. The van der Waals surface area contributed by atoms with E-state index in [2.05, 4.69) is 20.8 Å². The Balaban J connectivity index is 1.91. The molecule has 2 aromatic rings. The fourth-order valence-corrected chi connectivity index (χ4v) is 3.48. The first kappa shape index (κ1) is 16.6. The van der Waals surface area contributed by atoms with Gasteiger partial charge in [0, 0.05) is 7.11 Å². The van der Waals surface area contributed by atoms with Gasteiger partial charge in [0.05, 0.1) is 12.1 Å². The SMILES string of the molecule is COCC1(NC(=O)[C@@H](c2ccccc2)n2nnnc2C)CCCC1. The van der Waals surface area contributed by atoms with Gasteiger partial charge >= 0.3 is 0 Å². The number of hydrogen-bond acceptors (Lipinski definition) is 5. The van der Waals surface area contributed by atoms with E-state index in [1.807, 2.05) is 30.3 Å². The zero-order chi connectivity index (χ0) is 17.0. The molecular formula is C17H23N5O2. The van der Waals surface area contributed by atoms with Crippen molar-refractivity contribution in [2.75, 3.05) is 13.7 Å². The topological polar surface area (TPSA) is 81.9 Å². The number of aryl methyl sites for hydroxylation is 1. The number of nitrogens with zero attached hydrogens (tertiary/aromatic N) is 4. The second-order valence-electron chi connectivity index (χ2n) is 6.39. The quantitative estimate of drug-likeness (QED) is 0.871. The largest absolute Gasteiger partial charge is 0.382 e. The van der Waals surface area contributed by atoms with Crippen LogP contribution in [0.4, 0.5) is 0 Å². The highest BCUT2D eigenvalue weighted by Crippen LogP contribution is 2.31. The van der Waals surface area contributed by atoms with E-state index < -0.39 is 6.04 Å². The molecule has 1 amide bonds. The first-order chi connectivity index (χ1) is 11.7. The number of hydrogen-bond donors (Lipinski definition) is 1. The molecule has 1 saturated carbocycles. The van der Waals surface area contributed by atoms with Crippen molar-refractivity contribution < 1.29 is 9.53 Å². The predicted molar refractivity (Wildman–Crippen MR) is 88.4 cm³/mol. The summed E-state index contributed by atoms with van der Waals surface area (Å²) in [6.07, 6.45) is 4.07. The molecule has 0 radical (unpaired) electrons. The molecule has 1 N–H and O–H groups in total. The molecule has 1 fully saturated rings. The van der Waals surface area contributed by atoms with E-state index >= 15 is 0 Å². The van der Waals surface area contributed by atoms with Crippen LogP contribution >= 0.6 is 0 Å². The maximum Gasteiger partial charge on any atom is 0.250 e. The average Bonchev–Trinajstić information content (AvgIpc) is 3.19. The number of tetrazole rings is 1. The van der Waals surface area contributed by atoms with Crippen LogP contribution in [0.2, 0.25) is 0 Å². The number of carbonyl (C=O) groups excluding carboxylic acids is 1. The van der Waals surface area contributed by atoms with Crippen LogP contribution in [-0.2, 0) is 9.53 Å². The summed E-state index contributed by atoms with van der Waals surface area (Å²) in [6.45, 7) is 2.32. The van der Waals surface area contributed by atoms with Crippen molar-refractivity contribution in [1.82, 2.24) is 25.5 Å². The number of ether oxygens (including phenoxy) is 1. The van der Waals surface area contributed by atoms with Crippen LogP contribution in [0.15, 0.2) is 30.3 Å². The molecule has 1 aliphatic carbocycles. The molecule has 7 heteroatoms. The molecule has 1 atom stereocenters. The Kier molecular flexibility index (Phi) is 4.89. The van der Waals surface area contributed by atoms with Crippen molar-refractivity contribution in [2.45, 2.75) is 44.2 Å². The van der Waals surface area contributed by atoms with Gasteiger partial charge in [-0.15, -0.1) is 5.10 Å². The van der Waals surface area contributed by atoms with Crippen molar-refractivity contribution in [1.29, 1.82) is 0 Å². The van der Waals surface area contributed by atoms with Crippen molar-refractivity contribution >= 4 is 5.91 Å². The van der Waals surface area contributed by atoms with Gasteiger partial charge in [-0.2, -0.15) is 0 Å². The van der Waals surface area contributed by atoms with Crippen LogP contribution < -0.4 is 5.32 Å². The fraction of sp³-hybridized carbons (Fsp3) is 0.529. The lowest BCUT2D eigenvalue weighted by Gasteiger charge is -2.31. The highest BCUT2D eigenvalue weighted by atomic mass is 16.5. The van der Waals surface area contributed by atoms with Gasteiger partial charge in [-0.05, 0) is 35.8 Å². The van der Waals surface area contributed by atoms with Gasteiger partial charge in [0.2, 0.25) is 5.91 Å². The summed E-state index contributed by atoms with van der Waals surface area (Å²) in [4.78, 5) is 13.1. The summed E-state index contributed by atoms with van der Waals surface area (Å²) < 4.78 is 6.94. The van der Waals surface area contributed by atoms with Gasteiger partial charge in [-0.3, -0.25) is 4.79 Å². The van der Waals surface area contributed by atoms with E-state index in [0.29, 0.717) is 12.4 Å². The van der Waals surface area contributed by atoms with Gasteiger partial charge < -0.3 is 10.1 Å². The fourth-order valence-electron chi connectivity index (χ4n) is 3.48. The van der Waals surface area contributed by atoms with Crippen LogP contribution in [0, 0.1) is 6.92 Å². The summed E-state index contributed by atoms with van der Waals surface area (Å²) in [7, 11) is 1.67. The molecule has 1 aliphatic rings. The number of aromatic nitrogens is 4. The van der Waals surface area contributed by atoms with Crippen LogP contribution in [0.1, 0.15) is 43.1 Å². The predicted octanol–water partition coefficient (Wildman–Crippen LogP) is 1.65. The number of nitrogens with one attached hydrogen (secondary N) is 1. The highest BCUT2D eigenvalue weighted by molar-refractivity contribution is 5.84. The summed E-state index contributed by atoms with van der Waals surface area (Å²) in [5.41, 5.74) is 0.566. The van der Waals surface area contributed by atoms with Crippen LogP contribution in [0.5, 0.6) is 0 Å². The Bertz CT molecular complexity index is 679. The van der Waals surface area contributed by atoms with E-state index in [0.717, 1.165) is 31.2 Å². The lowest BCUT2D eigenvalue weighted by molar-refractivity contribution is -0.126. The maximum atomic E-state index is 13.1. The monoisotopic (exact) mass is 329 g/mol. The Morgan fingerprint density at radius 3 is 2.62 bits per heavy atom. The van der Waals surface area contributed by atoms with Gasteiger partial charge in [0.15, 0.2) is 6.04 Å². The number of methoxy groups -OCH3 is 1. The lowest BCUT2D eigenvalue weighted by atomic mass is 9.97. The number of benzene rings is 1. The zero-order valence-corrected chi connectivity index (χ0v) is 14.1. The Morgan fingerprint density at radius 1 is 1.33 bits per heavy atom. The standard InChI is InChI=1S/C17H23N5O2/c1-13-19-20-21-22(13)15(14-8-4-3-5-9-14)16(23)18-17(12-24-2)10-6-7-11-17/h3-5,8-9,15H,6-7,10-12H2,1-2H3,(H,18,23)/t15-/m1/s1. The number of rotatable bonds is 6. The molecule has 0 bridgehead atoms. The van der Waals surface area contributed by atoms with Gasteiger partial charge in [0.1, 0.15) is 5.82 Å². The van der Waals surface area contributed by atoms with Gasteiger partial charge in [0.25, 0.3) is 0 Å². The Hall–Kier alpha value is -2.28. The van der Waals surface area contributed by atoms with Gasteiger partial charge in [-0.1, -0.05) is 43.2 Å². The minimum atomic E-state index is -0.587. The Morgan fingerprint density at radius 2 is 2.04 bits per heavy atom. The van der Waals surface area contributed by atoms with Gasteiger partial charge in [-0.25, -0.2) is 4.68 Å². The van der Waals surface area contributed by atoms with Crippen LogP contribution in [0.25, 0.3) is 0 Å². The molecule has 1 heterocycles. The smallest absolute Gasteiger partial charge is 0.250 e. The second-order valence-corrected chi connectivity index (χ2v) is 6.39. The highest BCUT2D eigenvalue weighted by Gasteiger charge is 2.38. The third-order valence-electron chi connectivity index (χ3n) is 4.64. The third kappa shape index (κ3) is 3.31. The summed E-state index contributed by atoms with van der Waals surface area (Å²) in [6, 6.07) is 9.00. The summed E-state index contributed by atoms with van der Waals surface area (Å²) in [5.74, 6) is 0.502. The van der Waals surface area contributed by atoms with Crippen molar-refractivity contribution in [3.05, 3.63) is 41.7 Å². The molecule has 0 saturated heterocycles. The minimum Gasteiger partial charge on any atom is -0.382 e.